The minimum atomic E-state index is -0.154. The van der Waals surface area contributed by atoms with Gasteiger partial charge in [-0.15, -0.1) is 0 Å². The molecule has 1 aromatic carbocycles. The van der Waals surface area contributed by atoms with E-state index in [1.165, 1.54) is 0 Å². The molecular weight excluding hydrogens is 254 g/mol. The van der Waals surface area contributed by atoms with E-state index in [0.29, 0.717) is 30.2 Å². The van der Waals surface area contributed by atoms with Crippen molar-refractivity contribution >= 4 is 5.91 Å². The fraction of sp³-hybridized carbons (Fsp3) is 0.400. The maximum atomic E-state index is 11.8. The molecule has 5 heteroatoms. The fourth-order valence-electron chi connectivity index (χ4n) is 1.64. The van der Waals surface area contributed by atoms with Crippen molar-refractivity contribution in [3.8, 4) is 0 Å². The molecular formula is C15H19N3O2. The largest absolute Gasteiger partial charge is 0.352 e. The number of aromatic nitrogens is 2. The Kier molecular flexibility index (Phi) is 4.17. The van der Waals surface area contributed by atoms with Gasteiger partial charge in [0, 0.05) is 23.9 Å². The number of carbonyl (C=O) groups excluding carboxylic acids is 1. The predicted molar refractivity (Wildman–Crippen MR) is 75.5 cm³/mol. The standard InChI is InChI=1S/C15H19N3O2/c1-15(2,3)14-17-12(18-20-14)9-10-16-13(19)11-7-5-4-6-8-11/h4-8H,9-10H2,1-3H3,(H,16,19). The van der Waals surface area contributed by atoms with E-state index >= 15 is 0 Å². The van der Waals surface area contributed by atoms with Crippen molar-refractivity contribution in [3.63, 3.8) is 0 Å². The van der Waals surface area contributed by atoms with Crippen LogP contribution in [0.4, 0.5) is 0 Å². The van der Waals surface area contributed by atoms with Gasteiger partial charge in [0.15, 0.2) is 5.82 Å². The molecule has 2 rings (SSSR count). The molecule has 1 N–H and O–H groups in total. The summed E-state index contributed by atoms with van der Waals surface area (Å²) in [6.45, 7) is 6.53. The minimum Gasteiger partial charge on any atom is -0.352 e. The Morgan fingerprint density at radius 1 is 1.25 bits per heavy atom. The van der Waals surface area contributed by atoms with Gasteiger partial charge in [-0.1, -0.05) is 44.1 Å². The number of benzene rings is 1. The Morgan fingerprint density at radius 2 is 1.95 bits per heavy atom. The SMILES string of the molecule is CC(C)(C)c1nc(CCNC(=O)c2ccccc2)no1. The highest BCUT2D eigenvalue weighted by Gasteiger charge is 2.21. The van der Waals surface area contributed by atoms with Crippen LogP contribution in [0, 0.1) is 0 Å². The molecule has 5 nitrogen and oxygen atoms in total. The van der Waals surface area contributed by atoms with Gasteiger partial charge in [0.05, 0.1) is 0 Å². The lowest BCUT2D eigenvalue weighted by Crippen LogP contribution is -2.25. The van der Waals surface area contributed by atoms with E-state index in [2.05, 4.69) is 15.5 Å². The van der Waals surface area contributed by atoms with Gasteiger partial charge < -0.3 is 9.84 Å². The van der Waals surface area contributed by atoms with Crippen LogP contribution in [0.15, 0.2) is 34.9 Å². The summed E-state index contributed by atoms with van der Waals surface area (Å²) in [6, 6.07) is 9.11. The lowest BCUT2D eigenvalue weighted by molar-refractivity contribution is 0.0954. The molecule has 0 radical (unpaired) electrons. The zero-order valence-corrected chi connectivity index (χ0v) is 12.0. The highest BCUT2D eigenvalue weighted by molar-refractivity contribution is 5.94. The smallest absolute Gasteiger partial charge is 0.251 e. The van der Waals surface area contributed by atoms with E-state index < -0.39 is 0 Å². The van der Waals surface area contributed by atoms with Crippen molar-refractivity contribution in [1.82, 2.24) is 15.5 Å². The Morgan fingerprint density at radius 3 is 2.55 bits per heavy atom. The zero-order chi connectivity index (χ0) is 14.6. The third-order valence-corrected chi connectivity index (χ3v) is 2.78. The Labute approximate surface area is 118 Å². The van der Waals surface area contributed by atoms with Gasteiger partial charge in [-0.2, -0.15) is 4.98 Å². The van der Waals surface area contributed by atoms with E-state index in [9.17, 15) is 4.79 Å². The normalized spacial score (nSPS) is 11.3. The first kappa shape index (κ1) is 14.2. The molecule has 1 aromatic heterocycles. The molecule has 0 atom stereocenters. The molecule has 20 heavy (non-hydrogen) atoms. The minimum absolute atomic E-state index is 0.0925. The molecule has 0 saturated carbocycles. The molecule has 106 valence electrons. The maximum Gasteiger partial charge on any atom is 0.251 e. The highest BCUT2D eigenvalue weighted by atomic mass is 16.5. The van der Waals surface area contributed by atoms with Crippen LogP contribution in [0.3, 0.4) is 0 Å². The van der Waals surface area contributed by atoms with E-state index in [-0.39, 0.29) is 11.3 Å². The molecule has 2 aromatic rings. The molecule has 1 amide bonds. The van der Waals surface area contributed by atoms with Gasteiger partial charge in [0.2, 0.25) is 5.89 Å². The van der Waals surface area contributed by atoms with E-state index in [0.717, 1.165) is 0 Å². The third kappa shape index (κ3) is 3.66. The second kappa shape index (κ2) is 5.86. The Bertz CT molecular complexity index is 570. The molecule has 0 unspecified atom stereocenters. The molecule has 0 spiro atoms. The van der Waals surface area contributed by atoms with Gasteiger partial charge in [-0.05, 0) is 12.1 Å². The van der Waals surface area contributed by atoms with E-state index in [1.54, 1.807) is 12.1 Å². The molecule has 0 aliphatic heterocycles. The summed E-state index contributed by atoms with van der Waals surface area (Å²) >= 11 is 0. The molecule has 0 saturated heterocycles. The van der Waals surface area contributed by atoms with Gasteiger partial charge in [0.25, 0.3) is 5.91 Å². The van der Waals surface area contributed by atoms with Crippen LogP contribution in [0.1, 0.15) is 42.8 Å². The highest BCUT2D eigenvalue weighted by Crippen LogP contribution is 2.19. The van der Waals surface area contributed by atoms with Crippen LogP contribution in [-0.2, 0) is 11.8 Å². The van der Waals surface area contributed by atoms with Crippen molar-refractivity contribution in [2.45, 2.75) is 32.6 Å². The van der Waals surface area contributed by atoms with Crippen molar-refractivity contribution in [2.75, 3.05) is 6.54 Å². The second-order valence-corrected chi connectivity index (χ2v) is 5.64. The van der Waals surface area contributed by atoms with E-state index in [1.807, 2.05) is 39.0 Å². The summed E-state index contributed by atoms with van der Waals surface area (Å²) in [5, 5.41) is 6.75. The van der Waals surface area contributed by atoms with Crippen LogP contribution in [0.2, 0.25) is 0 Å². The van der Waals surface area contributed by atoms with Crippen LogP contribution in [-0.4, -0.2) is 22.6 Å². The molecule has 0 fully saturated rings. The number of hydrogen-bond donors (Lipinski definition) is 1. The van der Waals surface area contributed by atoms with Gasteiger partial charge >= 0.3 is 0 Å². The average molecular weight is 273 g/mol. The Balaban J connectivity index is 1.85. The zero-order valence-electron chi connectivity index (χ0n) is 12.0. The van der Waals surface area contributed by atoms with Crippen LogP contribution in [0.25, 0.3) is 0 Å². The monoisotopic (exact) mass is 273 g/mol. The Hall–Kier alpha value is -2.17. The first-order valence-electron chi connectivity index (χ1n) is 6.63. The van der Waals surface area contributed by atoms with Crippen LogP contribution >= 0.6 is 0 Å². The van der Waals surface area contributed by atoms with Crippen molar-refractivity contribution in [3.05, 3.63) is 47.6 Å². The average Bonchev–Trinajstić information content (AvgIpc) is 2.88. The van der Waals surface area contributed by atoms with Crippen molar-refractivity contribution in [2.24, 2.45) is 0 Å². The van der Waals surface area contributed by atoms with Crippen molar-refractivity contribution < 1.29 is 9.32 Å². The lowest BCUT2D eigenvalue weighted by atomic mass is 9.97. The van der Waals surface area contributed by atoms with E-state index in [4.69, 9.17) is 4.52 Å². The lowest BCUT2D eigenvalue weighted by Gasteiger charge is -2.10. The number of hydrogen-bond acceptors (Lipinski definition) is 4. The van der Waals surface area contributed by atoms with Crippen molar-refractivity contribution in [1.29, 1.82) is 0 Å². The molecule has 1 heterocycles. The summed E-state index contributed by atoms with van der Waals surface area (Å²) in [5.41, 5.74) is 0.495. The third-order valence-electron chi connectivity index (χ3n) is 2.78. The maximum absolute atomic E-state index is 11.8. The number of carbonyl (C=O) groups is 1. The summed E-state index contributed by atoms with van der Waals surface area (Å²) in [7, 11) is 0. The summed E-state index contributed by atoms with van der Waals surface area (Å²) in [6.07, 6.45) is 0.554. The van der Waals surface area contributed by atoms with Crippen LogP contribution < -0.4 is 5.32 Å². The topological polar surface area (TPSA) is 68.0 Å². The predicted octanol–water partition coefficient (Wildman–Crippen LogP) is 2.34. The van der Waals surface area contributed by atoms with Gasteiger partial charge in [0.1, 0.15) is 0 Å². The molecule has 0 aliphatic rings. The molecule has 0 bridgehead atoms. The first-order valence-corrected chi connectivity index (χ1v) is 6.63. The summed E-state index contributed by atoms with van der Waals surface area (Å²) < 4.78 is 5.20. The summed E-state index contributed by atoms with van der Waals surface area (Å²) in [4.78, 5) is 16.1. The quantitative estimate of drug-likeness (QED) is 0.928. The number of nitrogens with zero attached hydrogens (tertiary/aromatic N) is 2. The van der Waals surface area contributed by atoms with Gasteiger partial charge in [-0.25, -0.2) is 0 Å². The van der Waals surface area contributed by atoms with Crippen LogP contribution in [0.5, 0.6) is 0 Å². The number of nitrogens with one attached hydrogen (secondary N) is 1. The first-order chi connectivity index (χ1) is 9.47. The second-order valence-electron chi connectivity index (χ2n) is 5.64. The fourth-order valence-corrected chi connectivity index (χ4v) is 1.64. The van der Waals surface area contributed by atoms with Gasteiger partial charge in [-0.3, -0.25) is 4.79 Å². The molecule has 0 aliphatic carbocycles. The summed E-state index contributed by atoms with van der Waals surface area (Å²) in [5.74, 6) is 1.13. The number of rotatable bonds is 4. The number of amides is 1.